The minimum absolute atomic E-state index is 0.342. The number of carbonyl (C=O) groups excluding carboxylic acids is 1. The van der Waals surface area contributed by atoms with Crippen molar-refractivity contribution in [3.63, 3.8) is 0 Å². The monoisotopic (exact) mass is 416 g/mol. The third-order valence-corrected chi connectivity index (χ3v) is 5.14. The van der Waals surface area contributed by atoms with E-state index in [1.54, 1.807) is 0 Å². The molecule has 0 radical (unpaired) electrons. The Morgan fingerprint density at radius 3 is 2.83 bits per heavy atom. The lowest BCUT2D eigenvalue weighted by Gasteiger charge is -2.24. The number of amides is 1. The largest absolute Gasteiger partial charge is 0.444 e. The van der Waals surface area contributed by atoms with E-state index in [2.05, 4.69) is 26.6 Å². The molecule has 2 unspecified atom stereocenters. The number of carbonyl (C=O) groups is 1. The van der Waals surface area contributed by atoms with E-state index in [0.29, 0.717) is 18.5 Å². The lowest BCUT2D eigenvalue weighted by Crippen LogP contribution is -2.40. The average molecular weight is 418 g/mol. The number of ether oxygens (including phenoxy) is 1. The lowest BCUT2D eigenvalue weighted by molar-refractivity contribution is 0.0517. The fraction of sp³-hybridized carbons (Fsp3) is 0.611. The van der Waals surface area contributed by atoms with Crippen LogP contribution < -0.4 is 10.6 Å². The minimum atomic E-state index is -0.462. The third-order valence-electron chi connectivity index (χ3n) is 4.13. The molecule has 2 atom stereocenters. The van der Waals surface area contributed by atoms with Crippen molar-refractivity contribution < 1.29 is 9.53 Å². The van der Waals surface area contributed by atoms with E-state index >= 15 is 0 Å². The zero-order valence-electron chi connectivity index (χ0n) is 14.5. The van der Waals surface area contributed by atoms with Crippen LogP contribution in [0.3, 0.4) is 0 Å². The fourth-order valence-electron chi connectivity index (χ4n) is 3.00. The highest BCUT2D eigenvalue weighted by Gasteiger charge is 2.28. The molecule has 0 heterocycles. The zero-order chi connectivity index (χ0) is 17.7. The van der Waals surface area contributed by atoms with Crippen molar-refractivity contribution >= 4 is 33.6 Å². The van der Waals surface area contributed by atoms with E-state index in [1.165, 1.54) is 6.42 Å². The summed E-state index contributed by atoms with van der Waals surface area (Å²) in [5.41, 5.74) is 0.684. The first-order chi connectivity index (χ1) is 11.2. The molecule has 1 aromatic rings. The molecule has 0 spiro atoms. The van der Waals surface area contributed by atoms with Crippen LogP contribution in [0.2, 0.25) is 5.02 Å². The molecule has 134 valence electrons. The van der Waals surface area contributed by atoms with Crippen LogP contribution >= 0.6 is 27.5 Å². The van der Waals surface area contributed by atoms with E-state index in [0.717, 1.165) is 34.4 Å². The normalized spacial score (nSPS) is 20.9. The lowest BCUT2D eigenvalue weighted by atomic mass is 10.0. The number of alkyl carbamates (subject to hydrolysis) is 1. The summed E-state index contributed by atoms with van der Waals surface area (Å²) in [5, 5.41) is 7.25. The van der Waals surface area contributed by atoms with Crippen LogP contribution in [0.15, 0.2) is 22.7 Å². The summed E-state index contributed by atoms with van der Waals surface area (Å²) in [6.45, 7) is 7.01. The van der Waals surface area contributed by atoms with E-state index in [1.807, 2.05) is 39.0 Å². The van der Waals surface area contributed by atoms with Crippen molar-refractivity contribution in [1.82, 2.24) is 10.6 Å². The van der Waals surface area contributed by atoms with Crippen LogP contribution in [0.25, 0.3) is 0 Å². The molecular weight excluding hydrogens is 392 g/mol. The molecule has 4 nitrogen and oxygen atoms in total. The van der Waals surface area contributed by atoms with Crippen molar-refractivity contribution in [1.29, 1.82) is 0 Å². The maximum atomic E-state index is 11.8. The summed E-state index contributed by atoms with van der Waals surface area (Å²) >= 11 is 9.63. The summed E-state index contributed by atoms with van der Waals surface area (Å²) in [7, 11) is 0. The van der Waals surface area contributed by atoms with Gasteiger partial charge in [0.05, 0.1) is 0 Å². The van der Waals surface area contributed by atoms with Crippen LogP contribution in [0.4, 0.5) is 4.79 Å². The van der Waals surface area contributed by atoms with E-state index in [-0.39, 0.29) is 6.09 Å². The molecule has 1 aromatic carbocycles. The Labute approximate surface area is 157 Å². The maximum Gasteiger partial charge on any atom is 0.407 e. The summed E-state index contributed by atoms with van der Waals surface area (Å²) in [6, 6.07) is 6.21. The summed E-state index contributed by atoms with van der Waals surface area (Å²) in [4.78, 5) is 11.8. The maximum absolute atomic E-state index is 11.8. The highest BCUT2D eigenvalue weighted by molar-refractivity contribution is 9.10. The second-order valence-corrected chi connectivity index (χ2v) is 8.59. The molecule has 1 aliphatic rings. The molecule has 0 bridgehead atoms. The first-order valence-corrected chi connectivity index (χ1v) is 9.56. The third kappa shape index (κ3) is 6.26. The van der Waals surface area contributed by atoms with Crippen LogP contribution in [0.1, 0.15) is 45.6 Å². The first-order valence-electron chi connectivity index (χ1n) is 8.39. The highest BCUT2D eigenvalue weighted by Crippen LogP contribution is 2.27. The van der Waals surface area contributed by atoms with Gasteiger partial charge in [-0.25, -0.2) is 4.79 Å². The second kappa shape index (κ2) is 8.54. The van der Waals surface area contributed by atoms with Gasteiger partial charge in [-0.15, -0.1) is 0 Å². The van der Waals surface area contributed by atoms with Gasteiger partial charge < -0.3 is 15.4 Å². The van der Waals surface area contributed by atoms with Gasteiger partial charge >= 0.3 is 6.09 Å². The van der Waals surface area contributed by atoms with Gasteiger partial charge in [-0.2, -0.15) is 0 Å². The topological polar surface area (TPSA) is 50.4 Å². The molecule has 0 saturated heterocycles. The Hall–Kier alpha value is -0.780. The van der Waals surface area contributed by atoms with Gasteiger partial charge in [0.15, 0.2) is 0 Å². The molecule has 1 fully saturated rings. The van der Waals surface area contributed by atoms with Gasteiger partial charge in [-0.3, -0.25) is 0 Å². The number of benzene rings is 1. The molecular formula is C18H26BrClN2O2. The molecule has 24 heavy (non-hydrogen) atoms. The molecule has 0 aromatic heterocycles. The van der Waals surface area contributed by atoms with Crippen LogP contribution in [0.5, 0.6) is 0 Å². The first kappa shape index (κ1) is 19.5. The van der Waals surface area contributed by atoms with Crippen molar-refractivity contribution in [2.75, 3.05) is 6.54 Å². The number of hydrogen-bond donors (Lipinski definition) is 2. The Kier molecular flexibility index (Phi) is 6.96. The van der Waals surface area contributed by atoms with Gasteiger partial charge in [0.1, 0.15) is 5.60 Å². The van der Waals surface area contributed by atoms with E-state index < -0.39 is 5.60 Å². The number of rotatable bonds is 5. The van der Waals surface area contributed by atoms with Gasteiger partial charge in [-0.1, -0.05) is 34.0 Å². The molecule has 2 rings (SSSR count). The van der Waals surface area contributed by atoms with Crippen molar-refractivity contribution in [3.8, 4) is 0 Å². The number of halogens is 2. The molecule has 1 amide bonds. The molecule has 1 saturated carbocycles. The van der Waals surface area contributed by atoms with Crippen LogP contribution in [-0.4, -0.2) is 24.3 Å². The molecule has 6 heteroatoms. The van der Waals surface area contributed by atoms with Crippen LogP contribution in [0, 0.1) is 5.92 Å². The molecule has 1 aliphatic carbocycles. The quantitative estimate of drug-likeness (QED) is 0.717. The van der Waals surface area contributed by atoms with Crippen molar-refractivity contribution in [3.05, 3.63) is 33.3 Å². The van der Waals surface area contributed by atoms with Gasteiger partial charge in [0.2, 0.25) is 0 Å². The summed E-state index contributed by atoms with van der Waals surface area (Å²) in [5.74, 6) is 0.426. The fourth-order valence-corrected chi connectivity index (χ4v) is 3.58. The second-order valence-electron chi connectivity index (χ2n) is 7.30. The molecule has 2 N–H and O–H groups in total. The summed E-state index contributed by atoms with van der Waals surface area (Å²) < 4.78 is 6.36. The smallest absolute Gasteiger partial charge is 0.407 e. The van der Waals surface area contributed by atoms with E-state index in [9.17, 15) is 4.79 Å². The van der Waals surface area contributed by atoms with Gasteiger partial charge in [0.25, 0.3) is 0 Å². The average Bonchev–Trinajstić information content (AvgIpc) is 2.92. The molecule has 0 aliphatic heterocycles. The summed E-state index contributed by atoms with van der Waals surface area (Å²) in [6.07, 6.45) is 3.07. The predicted molar refractivity (Wildman–Crippen MR) is 101 cm³/mol. The number of nitrogens with one attached hydrogen (secondary N) is 2. The highest BCUT2D eigenvalue weighted by atomic mass is 79.9. The predicted octanol–water partition coefficient (Wildman–Crippen LogP) is 4.89. The van der Waals surface area contributed by atoms with E-state index in [4.69, 9.17) is 16.3 Å². The van der Waals surface area contributed by atoms with Crippen molar-refractivity contribution in [2.24, 2.45) is 5.92 Å². The SMILES string of the molecule is CC(C)(C)OC(=O)NCC1CCCC1NCc1cc(Cl)ccc1Br. The van der Waals surface area contributed by atoms with Crippen molar-refractivity contribution in [2.45, 2.75) is 58.2 Å². The Morgan fingerprint density at radius 1 is 1.38 bits per heavy atom. The minimum Gasteiger partial charge on any atom is -0.444 e. The van der Waals surface area contributed by atoms with Crippen LogP contribution in [-0.2, 0) is 11.3 Å². The van der Waals surface area contributed by atoms with Gasteiger partial charge in [0, 0.05) is 28.6 Å². The Balaban J connectivity index is 1.82. The number of hydrogen-bond acceptors (Lipinski definition) is 3. The Morgan fingerprint density at radius 2 is 2.12 bits per heavy atom. The standard InChI is InChI=1S/C18H26BrClN2O2/c1-18(2,3)24-17(23)22-10-12-5-4-6-16(12)21-11-13-9-14(20)7-8-15(13)19/h7-9,12,16,21H,4-6,10-11H2,1-3H3,(H,22,23). The zero-order valence-corrected chi connectivity index (χ0v) is 16.8. The van der Waals surface area contributed by atoms with Gasteiger partial charge in [-0.05, 0) is 63.3 Å². The Bertz CT molecular complexity index is 575.